The van der Waals surface area contributed by atoms with Gasteiger partial charge >= 0.3 is 0 Å². The molecule has 0 bridgehead atoms. The van der Waals surface area contributed by atoms with Crippen LogP contribution in [0.15, 0.2) is 0 Å². The molecule has 0 aliphatic heterocycles. The summed E-state index contributed by atoms with van der Waals surface area (Å²) in [6.07, 6.45) is -2.39. The van der Waals surface area contributed by atoms with Crippen molar-refractivity contribution < 1.29 is 65.2 Å². The first-order chi connectivity index (χ1) is 12.7. The van der Waals surface area contributed by atoms with Crippen LogP contribution in [0.1, 0.15) is 55.4 Å². The molecule has 0 heterocycles. The molecule has 0 amide bonds. The van der Waals surface area contributed by atoms with Crippen LogP contribution >= 0.6 is 0 Å². The quantitative estimate of drug-likeness (QED) is 0.250. The van der Waals surface area contributed by atoms with Crippen molar-refractivity contribution in [2.45, 2.75) is 80.6 Å². The van der Waals surface area contributed by atoms with Gasteiger partial charge in [0.25, 0.3) is 0 Å². The van der Waals surface area contributed by atoms with Gasteiger partial charge in [0.1, 0.15) is 0 Å². The number of hydrogen-bond acceptors (Lipinski definition) is 8. The van der Waals surface area contributed by atoms with Crippen LogP contribution in [0.2, 0.25) is 0 Å². The molecular weight excluding hydrogens is 547 g/mol. The smallest absolute Gasteiger partial charge is 0.156 e. The molecule has 29 heavy (non-hydrogen) atoms. The van der Waals surface area contributed by atoms with Gasteiger partial charge in [0, 0.05) is 78.0 Å². The average molecular weight is 595 g/mol. The Morgan fingerprint density at radius 2 is 0.483 bits per heavy atom. The predicted octanol–water partition coefficient (Wildman–Crippen LogP) is 2.43. The maximum absolute atomic E-state index is 8.71. The molecule has 0 aromatic carbocycles. The zero-order valence-corrected chi connectivity index (χ0v) is 24.1. The number of ether oxygens (including phenoxy) is 4. The van der Waals surface area contributed by atoms with E-state index < -0.39 is 25.2 Å². The molecule has 4 N–H and O–H groups in total. The summed E-state index contributed by atoms with van der Waals surface area (Å²) in [4.78, 5) is 0. The Hall–Kier alpha value is 0.550. The molecular formula is C20H48HfO8. The third-order valence-corrected chi connectivity index (χ3v) is 3.25. The van der Waals surface area contributed by atoms with Crippen LogP contribution in [0.3, 0.4) is 0 Å². The number of hydrogen-bond donors (Lipinski definition) is 4. The molecule has 180 valence electrons. The molecule has 0 saturated heterocycles. The van der Waals surface area contributed by atoms with E-state index in [9.17, 15) is 0 Å². The minimum atomic E-state index is -0.597. The molecule has 4 atom stereocenters. The Bertz CT molecular complexity index is 236. The van der Waals surface area contributed by atoms with Crippen molar-refractivity contribution >= 4 is 0 Å². The molecule has 9 heteroatoms. The van der Waals surface area contributed by atoms with Gasteiger partial charge in [-0.1, -0.05) is 55.4 Å². The summed E-state index contributed by atoms with van der Waals surface area (Å²) in [5.74, 6) is 0.796. The monoisotopic (exact) mass is 596 g/mol. The fourth-order valence-electron chi connectivity index (χ4n) is 1.09. The van der Waals surface area contributed by atoms with Crippen LogP contribution in [-0.2, 0) is 44.8 Å². The number of aliphatic hydroxyl groups excluding tert-OH is 4. The van der Waals surface area contributed by atoms with Crippen molar-refractivity contribution in [1.29, 1.82) is 0 Å². The summed E-state index contributed by atoms with van der Waals surface area (Å²) in [5, 5.41) is 34.9. The Labute approximate surface area is 197 Å². The molecule has 8 nitrogen and oxygen atoms in total. The van der Waals surface area contributed by atoms with Gasteiger partial charge in [-0.15, -0.1) is 0 Å². The van der Waals surface area contributed by atoms with Crippen molar-refractivity contribution in [3.63, 3.8) is 0 Å². The van der Waals surface area contributed by atoms with E-state index in [4.69, 9.17) is 20.4 Å². The third-order valence-electron chi connectivity index (χ3n) is 3.25. The summed E-state index contributed by atoms with van der Waals surface area (Å²) in [7, 11) is 5.96. The van der Waals surface area contributed by atoms with Crippen LogP contribution in [0.5, 0.6) is 0 Å². The van der Waals surface area contributed by atoms with Gasteiger partial charge in [-0.2, -0.15) is 0 Å². The molecule has 0 fully saturated rings. The number of rotatable bonds is 8. The zero-order chi connectivity index (χ0) is 23.4. The van der Waals surface area contributed by atoms with Gasteiger partial charge in [-0.05, 0) is 0 Å². The fourth-order valence-corrected chi connectivity index (χ4v) is 1.09. The Morgan fingerprint density at radius 1 is 0.379 bits per heavy atom. The summed E-state index contributed by atoms with van der Waals surface area (Å²) in [6.45, 7) is 15.2. The number of aliphatic hydroxyl groups is 4. The first-order valence-electron chi connectivity index (χ1n) is 9.56. The molecule has 0 radical (unpaired) electrons. The van der Waals surface area contributed by atoms with E-state index in [0.29, 0.717) is 0 Å². The first-order valence-corrected chi connectivity index (χ1v) is 9.56. The van der Waals surface area contributed by atoms with Crippen molar-refractivity contribution in [3.8, 4) is 0 Å². The summed E-state index contributed by atoms with van der Waals surface area (Å²) >= 11 is 0. The molecule has 4 unspecified atom stereocenters. The zero-order valence-electron chi connectivity index (χ0n) is 20.5. The maximum atomic E-state index is 8.71. The number of methoxy groups -OCH3 is 4. The van der Waals surface area contributed by atoms with Gasteiger partial charge < -0.3 is 39.4 Å². The van der Waals surface area contributed by atoms with Gasteiger partial charge in [-0.3, -0.25) is 0 Å². The van der Waals surface area contributed by atoms with Crippen LogP contribution in [0.4, 0.5) is 0 Å². The van der Waals surface area contributed by atoms with Gasteiger partial charge in [0.15, 0.2) is 25.2 Å². The largest absolute Gasteiger partial charge is 0.368 e. The predicted molar refractivity (Wildman–Crippen MR) is 111 cm³/mol. The van der Waals surface area contributed by atoms with Gasteiger partial charge in [0.05, 0.1) is 0 Å². The second-order valence-electron chi connectivity index (χ2n) is 7.48. The third kappa shape index (κ3) is 33.4. The minimum Gasteiger partial charge on any atom is -0.368 e. The van der Waals surface area contributed by atoms with E-state index in [2.05, 4.69) is 18.9 Å². The summed E-state index contributed by atoms with van der Waals surface area (Å²) in [6, 6.07) is 0. The van der Waals surface area contributed by atoms with Gasteiger partial charge in [-0.25, -0.2) is 0 Å². The van der Waals surface area contributed by atoms with Crippen molar-refractivity contribution in [2.24, 2.45) is 23.7 Å². The molecule has 0 aromatic heterocycles. The van der Waals surface area contributed by atoms with E-state index in [1.807, 2.05) is 55.4 Å². The fraction of sp³-hybridized carbons (Fsp3) is 1.00. The molecule has 0 rings (SSSR count). The SMILES string of the molecule is COC(O)C(C)C.COC(O)C(C)C.COC(O)C(C)C.COC(O)C(C)C.[Hf]. The van der Waals surface area contributed by atoms with E-state index in [-0.39, 0.29) is 49.5 Å². The van der Waals surface area contributed by atoms with Crippen molar-refractivity contribution in [2.75, 3.05) is 28.4 Å². The maximum Gasteiger partial charge on any atom is 0.156 e. The van der Waals surface area contributed by atoms with E-state index in [1.165, 1.54) is 28.4 Å². The van der Waals surface area contributed by atoms with Gasteiger partial charge in [0.2, 0.25) is 0 Å². The Balaban J connectivity index is -0.0000000873. The second kappa shape index (κ2) is 26.6. The van der Waals surface area contributed by atoms with Crippen molar-refractivity contribution in [3.05, 3.63) is 0 Å². The van der Waals surface area contributed by atoms with E-state index >= 15 is 0 Å². The Kier molecular flexibility index (Phi) is 36.6. The van der Waals surface area contributed by atoms with Crippen molar-refractivity contribution in [1.82, 2.24) is 0 Å². The summed E-state index contributed by atoms with van der Waals surface area (Å²) in [5.41, 5.74) is 0. The van der Waals surface area contributed by atoms with Crippen LogP contribution in [-0.4, -0.2) is 74.0 Å². The second-order valence-corrected chi connectivity index (χ2v) is 7.48. The van der Waals surface area contributed by atoms with E-state index in [0.717, 1.165) is 0 Å². The first kappa shape index (κ1) is 40.0. The van der Waals surface area contributed by atoms with Crippen LogP contribution in [0, 0.1) is 23.7 Å². The Morgan fingerprint density at radius 3 is 0.483 bits per heavy atom. The standard InChI is InChI=1S/4C5H12O2.Hf/c4*1-4(2)5(6)7-3;/h4*4-6H,1-3H3;. The van der Waals surface area contributed by atoms with Crippen LogP contribution < -0.4 is 0 Å². The summed E-state index contributed by atoms with van der Waals surface area (Å²) < 4.78 is 18.3. The molecule has 0 aliphatic carbocycles. The van der Waals surface area contributed by atoms with Crippen LogP contribution in [0.25, 0.3) is 0 Å². The average Bonchev–Trinajstić information content (AvgIpc) is 2.66. The normalized spacial score (nSPS) is 14.5. The molecule has 0 aliphatic rings. The topological polar surface area (TPSA) is 118 Å². The minimum absolute atomic E-state index is 0. The molecule has 0 saturated carbocycles. The molecule has 0 spiro atoms. The van der Waals surface area contributed by atoms with E-state index in [1.54, 1.807) is 0 Å². The molecule has 0 aromatic rings.